The number of rotatable bonds is 18. The normalized spacial score (nSPS) is 19.8. The molecule has 0 bridgehead atoms. The predicted molar refractivity (Wildman–Crippen MR) is 368 cm³/mol. The van der Waals surface area contributed by atoms with Gasteiger partial charge in [-0.2, -0.15) is 27.0 Å². The van der Waals surface area contributed by atoms with Gasteiger partial charge in [0.15, 0.2) is 0 Å². The zero-order valence-electron chi connectivity index (χ0n) is 48.2. The molecule has 0 aromatic heterocycles. The molecule has 3 aromatic rings. The van der Waals surface area contributed by atoms with Crippen LogP contribution >= 0.6 is 76.4 Å². The molecule has 85 heavy (non-hydrogen) atoms. The molecule has 9 atom stereocenters. The van der Waals surface area contributed by atoms with E-state index in [4.69, 9.17) is 46.9 Å². The van der Waals surface area contributed by atoms with Gasteiger partial charge in [0.05, 0.1) is 99.0 Å². The summed E-state index contributed by atoms with van der Waals surface area (Å²) in [7, 11) is 0. The van der Waals surface area contributed by atoms with E-state index in [1.54, 1.807) is 6.92 Å². The number of esters is 4. The second-order valence-electron chi connectivity index (χ2n) is 18.2. The van der Waals surface area contributed by atoms with Crippen molar-refractivity contribution in [2.45, 2.75) is 147 Å². The van der Waals surface area contributed by atoms with Gasteiger partial charge in [0.25, 0.3) is 0 Å². The number of aldehydes is 1. The van der Waals surface area contributed by atoms with E-state index in [9.17, 15) is 19.2 Å². The van der Waals surface area contributed by atoms with Crippen LogP contribution in [0.2, 0.25) is 0 Å². The third-order valence-electron chi connectivity index (χ3n) is 12.8. The van der Waals surface area contributed by atoms with Crippen molar-refractivity contribution in [2.24, 2.45) is 17.8 Å². The van der Waals surface area contributed by atoms with Crippen molar-refractivity contribution in [3.63, 3.8) is 0 Å². The molecule has 18 nitrogen and oxygen atoms in total. The molecule has 496 valence electrons. The van der Waals surface area contributed by atoms with E-state index >= 15 is 0 Å². The summed E-state index contributed by atoms with van der Waals surface area (Å²) in [4.78, 5) is 56.1. The lowest BCUT2D eigenvalue weighted by atomic mass is 9.94. The van der Waals surface area contributed by atoms with Crippen molar-refractivity contribution in [3.8, 4) is 0 Å². The average molecular weight is 1440 g/mol. The maximum Gasteiger partial charge on any atom is 0.338 e. The monoisotopic (exact) mass is 1440 g/mol. The predicted octanol–water partition coefficient (Wildman–Crippen LogP) is 12.4. The lowest BCUT2D eigenvalue weighted by Crippen LogP contribution is -2.47. The topological polar surface area (TPSA) is 228 Å². The molecule has 0 radical (unpaired) electrons. The van der Waals surface area contributed by atoms with Gasteiger partial charge in [0.1, 0.15) is 6.29 Å². The van der Waals surface area contributed by atoms with Crippen LogP contribution in [0.5, 0.6) is 0 Å². The van der Waals surface area contributed by atoms with Crippen molar-refractivity contribution in [1.82, 2.24) is 20.3 Å². The fraction of sp³-hybridized carbons (Fsp3) is 0.597. The number of benzene rings is 3. The van der Waals surface area contributed by atoms with Gasteiger partial charge in [-0.05, 0) is 91.3 Å². The molecule has 4 heterocycles. The summed E-state index contributed by atoms with van der Waals surface area (Å²) in [5.41, 5.74) is 5.19. The van der Waals surface area contributed by atoms with Gasteiger partial charge >= 0.3 is 23.9 Å². The minimum absolute atomic E-state index is 0. The molecule has 3 fully saturated rings. The zero-order chi connectivity index (χ0) is 57.5. The SMILES string of the molecule is Br.C.C.C.C.CC=O.CCOC(=O)C1=C(N[C@H](C)c2ccccc2)CCOC1.CCOC(=O)[C@H]1COCCC1N[C@@H](C)c1ccccc1.CCOC(=O)[C@H]1COCC[C@H]1NBr.CCOC(=O)[C@H]1COCC[C@H]1N[C@H](C)c1ccccc1.OBr.S.S.[HH].[HH]. The Morgan fingerprint density at radius 1 is 0.565 bits per heavy atom. The quantitative estimate of drug-likeness (QED) is 0.0345. The molecule has 4 aliphatic heterocycles. The first-order valence-electron chi connectivity index (χ1n) is 26.9. The Balaban J connectivity index is -0.000000152. The van der Waals surface area contributed by atoms with E-state index in [2.05, 4.69) is 93.6 Å². The summed E-state index contributed by atoms with van der Waals surface area (Å²) < 4.78 is 51.5. The molecule has 5 N–H and O–H groups in total. The van der Waals surface area contributed by atoms with Gasteiger partial charge < -0.3 is 62.8 Å². The Morgan fingerprint density at radius 3 is 1.21 bits per heavy atom. The number of hydrogen-bond acceptors (Lipinski definition) is 18. The van der Waals surface area contributed by atoms with Crippen LogP contribution in [-0.2, 0) is 61.9 Å². The third kappa shape index (κ3) is 35.4. The van der Waals surface area contributed by atoms with E-state index < -0.39 is 0 Å². The Labute approximate surface area is 555 Å². The fourth-order valence-corrected chi connectivity index (χ4v) is 9.29. The van der Waals surface area contributed by atoms with Crippen LogP contribution in [0.4, 0.5) is 0 Å². The van der Waals surface area contributed by atoms with Gasteiger partial charge in [-0.15, -0.1) is 17.0 Å². The smallest absolute Gasteiger partial charge is 0.338 e. The minimum atomic E-state index is -0.282. The van der Waals surface area contributed by atoms with E-state index in [0.29, 0.717) is 91.3 Å². The number of carbonyl (C=O) groups excluding carboxylic acids is 5. The molecule has 0 saturated carbocycles. The fourth-order valence-electron chi connectivity index (χ4n) is 8.74. The van der Waals surface area contributed by atoms with Gasteiger partial charge in [-0.1, -0.05) is 121 Å². The molecule has 3 aromatic carbocycles. The first-order valence-corrected chi connectivity index (χ1v) is 28.4. The van der Waals surface area contributed by atoms with Gasteiger partial charge in [-0.3, -0.25) is 18.7 Å². The van der Waals surface area contributed by atoms with Gasteiger partial charge in [0.2, 0.25) is 0 Å². The Bertz CT molecular complexity index is 2080. The van der Waals surface area contributed by atoms with Crippen molar-refractivity contribution < 1.29 is 68.9 Å². The third-order valence-corrected chi connectivity index (χ3v) is 13.4. The number of hydrogen-bond donors (Lipinski definition) is 5. The van der Waals surface area contributed by atoms with Crippen LogP contribution in [-0.4, -0.2) is 132 Å². The van der Waals surface area contributed by atoms with Crippen molar-refractivity contribution >= 4 is 107 Å². The highest BCUT2D eigenvalue weighted by Crippen LogP contribution is 2.24. The average Bonchev–Trinajstić information content (AvgIpc) is 3.66. The Morgan fingerprint density at radius 2 is 0.882 bits per heavy atom. The largest absolute Gasteiger partial charge is 0.466 e. The molecular formula is C62H111Br3N4O14S2. The highest BCUT2D eigenvalue weighted by Gasteiger charge is 2.35. The van der Waals surface area contributed by atoms with E-state index in [-0.39, 0.29) is 154 Å². The molecule has 0 amide bonds. The molecule has 3 saturated heterocycles. The lowest BCUT2D eigenvalue weighted by Gasteiger charge is -2.33. The summed E-state index contributed by atoms with van der Waals surface area (Å²) in [6, 6.07) is 31.6. The first kappa shape index (κ1) is 92.7. The van der Waals surface area contributed by atoms with Crippen LogP contribution < -0.4 is 20.3 Å². The number of ether oxygens (including phenoxy) is 8. The van der Waals surface area contributed by atoms with Gasteiger partial charge in [0, 0.05) is 87.2 Å². The van der Waals surface area contributed by atoms with Gasteiger partial charge in [-0.25, -0.2) is 4.79 Å². The lowest BCUT2D eigenvalue weighted by molar-refractivity contribution is -0.155. The van der Waals surface area contributed by atoms with Crippen LogP contribution in [0.1, 0.15) is 148 Å². The Hall–Kier alpha value is -3.43. The zero-order valence-corrected chi connectivity index (χ0v) is 55.1. The molecule has 23 heteroatoms. The number of nitrogens with one attached hydrogen (secondary N) is 4. The second-order valence-corrected chi connectivity index (χ2v) is 18.6. The highest BCUT2D eigenvalue weighted by atomic mass is 79.9. The summed E-state index contributed by atoms with van der Waals surface area (Å²) >= 11 is 5.09. The molecule has 1 unspecified atom stereocenters. The molecule has 0 spiro atoms. The van der Waals surface area contributed by atoms with Crippen LogP contribution in [0.25, 0.3) is 0 Å². The highest BCUT2D eigenvalue weighted by molar-refractivity contribution is 9.08. The number of halogens is 3. The van der Waals surface area contributed by atoms with E-state index in [1.807, 2.05) is 91.6 Å². The van der Waals surface area contributed by atoms with E-state index in [1.165, 1.54) is 23.6 Å². The maximum absolute atomic E-state index is 12.0. The van der Waals surface area contributed by atoms with Crippen LogP contribution in [0.3, 0.4) is 0 Å². The van der Waals surface area contributed by atoms with Crippen LogP contribution in [0, 0.1) is 17.8 Å². The van der Waals surface area contributed by atoms with Crippen LogP contribution in [0.15, 0.2) is 102 Å². The standard InChI is InChI=1S/2C16H23NO3.C16H21NO3.C8H14BrNO3.C2H4O.4CH4.BrHO.BrH.2H2S.2H2/c3*1-3-20-16(18)14-11-19-10-9-15(14)17-12(2)13-7-5-4-6-8-13;1-2-13-8(11)6-5-12-4-3-7(6)10-9;1-2-3;;;;;1-2;;;;;/h2*4-8,12,14-15,17H,3,9-11H2,1-2H3;4-8,12,17H,3,9-11H2,1-2H3;6-7,10H,2-5H2,1H3;2H,1H3;4*1H4;2H;1H;2*1H2;2*1H/t12-,14+,15-;12-,14-,15?;12-;6-,7+;;;;;;;;;;;/m1010.........../s1. The summed E-state index contributed by atoms with van der Waals surface area (Å²) in [5.74, 6) is -1.40. The summed E-state index contributed by atoms with van der Waals surface area (Å²) in [6.45, 7) is 21.0. The molecule has 4 aliphatic rings. The van der Waals surface area contributed by atoms with Crippen molar-refractivity contribution in [2.75, 3.05) is 79.3 Å². The maximum atomic E-state index is 12.0. The Kier molecular flexibility index (Phi) is 62.2. The molecular weight excluding hydrogens is 1330 g/mol. The van der Waals surface area contributed by atoms with Crippen molar-refractivity contribution in [3.05, 3.63) is 119 Å². The minimum Gasteiger partial charge on any atom is -0.466 e. The van der Waals surface area contributed by atoms with Crippen molar-refractivity contribution in [1.29, 1.82) is 0 Å². The number of carbonyl (C=O) groups is 5. The summed E-state index contributed by atoms with van der Waals surface area (Å²) in [5, 5.41) is 10.5. The molecule has 0 aliphatic carbocycles. The first-order chi connectivity index (χ1) is 37.9. The van der Waals surface area contributed by atoms with E-state index in [0.717, 1.165) is 31.2 Å². The summed E-state index contributed by atoms with van der Waals surface area (Å²) in [6.07, 6.45) is 3.96. The molecule has 7 rings (SSSR count). The second kappa shape index (κ2) is 57.0.